The Labute approximate surface area is 141 Å². The van der Waals surface area contributed by atoms with Crippen molar-refractivity contribution in [2.75, 3.05) is 0 Å². The third-order valence-electron chi connectivity index (χ3n) is 3.59. The number of hydrogen-bond donors (Lipinski definition) is 6. The fraction of sp³-hybridized carbons (Fsp3) is 0.750. The molecular formula is C16H29NO7. The van der Waals surface area contributed by atoms with Crippen molar-refractivity contribution in [3.05, 3.63) is 12.3 Å². The fourth-order valence-corrected chi connectivity index (χ4v) is 2.03. The number of rotatable bonds is 13. The highest BCUT2D eigenvalue weighted by Gasteiger charge is 2.37. The number of aliphatic hydroxyl groups is 4. The first-order chi connectivity index (χ1) is 11.3. The fourth-order valence-electron chi connectivity index (χ4n) is 2.03. The van der Waals surface area contributed by atoms with Gasteiger partial charge in [-0.15, -0.1) is 0 Å². The van der Waals surface area contributed by atoms with Gasteiger partial charge in [-0.3, -0.25) is 4.79 Å². The Hall–Kier alpha value is -1.48. The zero-order chi connectivity index (χ0) is 18.5. The average Bonchev–Trinajstić information content (AvgIpc) is 2.57. The lowest BCUT2D eigenvalue weighted by atomic mass is 10.0. The Morgan fingerprint density at radius 2 is 1.46 bits per heavy atom. The summed E-state index contributed by atoms with van der Waals surface area (Å²) in [5, 5.41) is 48.2. The molecule has 0 aromatic carbocycles. The molecule has 0 heterocycles. The van der Waals surface area contributed by atoms with Gasteiger partial charge >= 0.3 is 5.97 Å². The zero-order valence-electron chi connectivity index (χ0n) is 14.0. The highest BCUT2D eigenvalue weighted by Crippen LogP contribution is 2.08. The summed E-state index contributed by atoms with van der Waals surface area (Å²) in [6.45, 7) is 2.15. The lowest BCUT2D eigenvalue weighted by Crippen LogP contribution is -2.52. The van der Waals surface area contributed by atoms with Crippen molar-refractivity contribution >= 4 is 11.9 Å². The maximum atomic E-state index is 11.6. The van der Waals surface area contributed by atoms with E-state index in [0.717, 1.165) is 19.3 Å². The second-order valence-corrected chi connectivity index (χ2v) is 5.68. The van der Waals surface area contributed by atoms with Crippen molar-refractivity contribution in [3.8, 4) is 0 Å². The minimum atomic E-state index is -2.30. The van der Waals surface area contributed by atoms with E-state index in [9.17, 15) is 24.9 Å². The standard InChI is InChI=1S/C16H29NO7/c1-2-3-4-5-6-7-8-9-10-17-15(22)13(20)11(18)12(19)14(21)16(23)24/h9-14,18-21H,2-8H2,1H3,(H,17,22)(H,23,24)/t11-,12-,13+,14-/m1/s1. The summed E-state index contributed by atoms with van der Waals surface area (Å²) in [6, 6.07) is 0. The number of nitrogens with one attached hydrogen (secondary N) is 1. The molecule has 0 unspecified atom stereocenters. The van der Waals surface area contributed by atoms with Crippen LogP contribution in [-0.2, 0) is 9.59 Å². The summed E-state index contributed by atoms with van der Waals surface area (Å²) in [5.41, 5.74) is 0. The molecule has 0 radical (unpaired) electrons. The lowest BCUT2D eigenvalue weighted by molar-refractivity contribution is -0.166. The predicted octanol–water partition coefficient (Wildman–Crippen LogP) is -0.105. The molecule has 1 amide bonds. The van der Waals surface area contributed by atoms with Gasteiger partial charge in [0.15, 0.2) is 12.2 Å². The zero-order valence-corrected chi connectivity index (χ0v) is 14.0. The highest BCUT2D eigenvalue weighted by molar-refractivity contribution is 5.82. The Bertz CT molecular complexity index is 400. The van der Waals surface area contributed by atoms with Crippen LogP contribution in [0.2, 0.25) is 0 Å². The van der Waals surface area contributed by atoms with Gasteiger partial charge in [0.05, 0.1) is 0 Å². The van der Waals surface area contributed by atoms with Crippen molar-refractivity contribution in [3.63, 3.8) is 0 Å². The van der Waals surface area contributed by atoms with Gasteiger partial charge in [-0.25, -0.2) is 4.79 Å². The Kier molecular flexibility index (Phi) is 12.1. The Morgan fingerprint density at radius 3 is 2.04 bits per heavy atom. The van der Waals surface area contributed by atoms with Crippen LogP contribution in [0.4, 0.5) is 0 Å². The Balaban J connectivity index is 4.05. The van der Waals surface area contributed by atoms with E-state index in [4.69, 9.17) is 10.2 Å². The molecule has 0 aliphatic carbocycles. The van der Waals surface area contributed by atoms with Crippen molar-refractivity contribution in [1.29, 1.82) is 0 Å². The van der Waals surface area contributed by atoms with Crippen LogP contribution in [0.5, 0.6) is 0 Å². The second kappa shape index (κ2) is 12.9. The molecule has 0 aromatic rings. The van der Waals surface area contributed by atoms with Crippen molar-refractivity contribution in [2.45, 2.75) is 76.3 Å². The van der Waals surface area contributed by atoms with E-state index in [0.29, 0.717) is 0 Å². The van der Waals surface area contributed by atoms with Gasteiger partial charge in [0.25, 0.3) is 5.91 Å². The molecule has 24 heavy (non-hydrogen) atoms. The predicted molar refractivity (Wildman–Crippen MR) is 86.9 cm³/mol. The van der Waals surface area contributed by atoms with Crippen LogP contribution in [0.3, 0.4) is 0 Å². The maximum Gasteiger partial charge on any atom is 0.335 e. The smallest absolute Gasteiger partial charge is 0.335 e. The minimum Gasteiger partial charge on any atom is -0.479 e. The SMILES string of the molecule is CCCCCCCCC=CNC(=O)[C@@H](O)[C@H](O)[C@@H](O)[C@@H](O)C(=O)O. The number of hydrogen-bond acceptors (Lipinski definition) is 6. The van der Waals surface area contributed by atoms with Gasteiger partial charge in [-0.1, -0.05) is 45.1 Å². The first-order valence-electron chi connectivity index (χ1n) is 8.23. The second-order valence-electron chi connectivity index (χ2n) is 5.68. The molecule has 0 saturated carbocycles. The van der Waals surface area contributed by atoms with Gasteiger partial charge in [0.1, 0.15) is 12.2 Å². The number of carboxylic acid groups (broad SMARTS) is 1. The molecule has 4 atom stereocenters. The topological polar surface area (TPSA) is 147 Å². The van der Waals surface area contributed by atoms with Crippen LogP contribution in [0, 0.1) is 0 Å². The van der Waals surface area contributed by atoms with E-state index in [2.05, 4.69) is 12.2 Å². The molecular weight excluding hydrogens is 318 g/mol. The van der Waals surface area contributed by atoms with Gasteiger partial charge in [0, 0.05) is 0 Å². The molecule has 0 spiro atoms. The van der Waals surface area contributed by atoms with Crippen LogP contribution in [0.15, 0.2) is 12.3 Å². The molecule has 0 rings (SSSR count). The number of allylic oxidation sites excluding steroid dienone is 1. The normalized spacial score (nSPS) is 16.5. The number of aliphatic hydroxyl groups excluding tert-OH is 4. The number of carboxylic acids is 1. The Morgan fingerprint density at radius 1 is 0.917 bits per heavy atom. The van der Waals surface area contributed by atoms with Gasteiger partial charge in [-0.2, -0.15) is 0 Å². The van der Waals surface area contributed by atoms with Crippen LogP contribution in [-0.4, -0.2) is 61.8 Å². The molecule has 0 aliphatic heterocycles. The first-order valence-corrected chi connectivity index (χ1v) is 8.23. The van der Waals surface area contributed by atoms with Crippen LogP contribution in [0.25, 0.3) is 0 Å². The summed E-state index contributed by atoms with van der Waals surface area (Å²) in [5.74, 6) is -2.77. The van der Waals surface area contributed by atoms with Crippen molar-refractivity contribution < 1.29 is 35.1 Å². The molecule has 6 N–H and O–H groups in total. The molecule has 0 aromatic heterocycles. The van der Waals surface area contributed by atoms with E-state index in [-0.39, 0.29) is 0 Å². The summed E-state index contributed by atoms with van der Waals surface area (Å²) >= 11 is 0. The van der Waals surface area contributed by atoms with Crippen LogP contribution < -0.4 is 5.32 Å². The quantitative estimate of drug-likeness (QED) is 0.255. The molecule has 0 fully saturated rings. The molecule has 0 bridgehead atoms. The van der Waals surface area contributed by atoms with Gasteiger partial charge in [-0.05, 0) is 19.0 Å². The van der Waals surface area contributed by atoms with Crippen LogP contribution >= 0.6 is 0 Å². The number of aliphatic carboxylic acids is 1. The lowest BCUT2D eigenvalue weighted by Gasteiger charge is -2.23. The number of unbranched alkanes of at least 4 members (excludes halogenated alkanes) is 6. The van der Waals surface area contributed by atoms with E-state index >= 15 is 0 Å². The maximum absolute atomic E-state index is 11.6. The summed E-state index contributed by atoms with van der Waals surface area (Å²) in [4.78, 5) is 22.1. The van der Waals surface area contributed by atoms with Gasteiger partial charge in [0.2, 0.25) is 0 Å². The van der Waals surface area contributed by atoms with Crippen LogP contribution in [0.1, 0.15) is 51.9 Å². The summed E-state index contributed by atoms with van der Waals surface area (Å²) in [6.07, 6.45) is 2.00. The number of carbonyl (C=O) groups excluding carboxylic acids is 1. The third-order valence-corrected chi connectivity index (χ3v) is 3.59. The summed E-state index contributed by atoms with van der Waals surface area (Å²) in [7, 11) is 0. The number of amides is 1. The third kappa shape index (κ3) is 8.97. The largest absolute Gasteiger partial charge is 0.479 e. The monoisotopic (exact) mass is 347 g/mol. The van der Waals surface area contributed by atoms with E-state index in [1.807, 2.05) is 0 Å². The number of carbonyl (C=O) groups is 2. The molecule has 8 nitrogen and oxygen atoms in total. The summed E-state index contributed by atoms with van der Waals surface area (Å²) < 4.78 is 0. The first kappa shape index (κ1) is 22.5. The van der Waals surface area contributed by atoms with Gasteiger partial charge < -0.3 is 30.8 Å². The van der Waals surface area contributed by atoms with E-state index in [1.54, 1.807) is 6.08 Å². The highest BCUT2D eigenvalue weighted by atomic mass is 16.4. The van der Waals surface area contributed by atoms with Crippen molar-refractivity contribution in [2.24, 2.45) is 0 Å². The minimum absolute atomic E-state index is 0.755. The molecule has 8 heteroatoms. The van der Waals surface area contributed by atoms with E-state index < -0.39 is 36.3 Å². The van der Waals surface area contributed by atoms with Crippen molar-refractivity contribution in [1.82, 2.24) is 5.32 Å². The molecule has 0 saturated heterocycles. The average molecular weight is 347 g/mol. The van der Waals surface area contributed by atoms with E-state index in [1.165, 1.54) is 31.9 Å². The molecule has 140 valence electrons. The molecule has 0 aliphatic rings.